The lowest BCUT2D eigenvalue weighted by molar-refractivity contribution is -0.112. The van der Waals surface area contributed by atoms with Gasteiger partial charge >= 0.3 is 0 Å². The Balaban J connectivity index is 1.98. The van der Waals surface area contributed by atoms with Crippen LogP contribution < -0.4 is 5.32 Å². The van der Waals surface area contributed by atoms with Crippen LogP contribution in [0.5, 0.6) is 0 Å². The Kier molecular flexibility index (Phi) is 5.89. The molecule has 5 heteroatoms. The number of benzene rings is 2. The van der Waals surface area contributed by atoms with Gasteiger partial charge in [-0.15, -0.1) is 0 Å². The normalized spacial score (nSPS) is 11.3. The van der Waals surface area contributed by atoms with E-state index in [9.17, 15) is 9.59 Å². The summed E-state index contributed by atoms with van der Waals surface area (Å²) in [6.07, 6.45) is 1.61. The van der Waals surface area contributed by atoms with E-state index in [2.05, 4.69) is 5.32 Å². The molecular weight excluding hydrogens is 378 g/mol. The fourth-order valence-corrected chi connectivity index (χ4v) is 3.74. The number of ketones is 1. The summed E-state index contributed by atoms with van der Waals surface area (Å²) in [5.74, 6) is -0.816. The summed E-state index contributed by atoms with van der Waals surface area (Å²) in [6, 6.07) is 14.3. The zero-order valence-corrected chi connectivity index (χ0v) is 16.5. The number of nitrogens with one attached hydrogen (secondary N) is 1. The van der Waals surface area contributed by atoms with Gasteiger partial charge in [0.2, 0.25) is 0 Å². The van der Waals surface area contributed by atoms with Crippen molar-refractivity contribution in [2.75, 3.05) is 5.32 Å². The number of carbonyl (C=O) groups excluding carboxylic acids is 2. The van der Waals surface area contributed by atoms with Crippen molar-refractivity contribution in [3.63, 3.8) is 0 Å². The van der Waals surface area contributed by atoms with Crippen molar-refractivity contribution in [3.8, 4) is 0 Å². The molecule has 0 bridgehead atoms. The smallest absolute Gasteiger partial charge is 0.259 e. The lowest BCUT2D eigenvalue weighted by atomic mass is 10.0. The lowest BCUT2D eigenvalue weighted by Gasteiger charge is -2.13. The molecule has 1 N–H and O–H groups in total. The molecule has 3 aromatic rings. The molecule has 0 saturated heterocycles. The lowest BCUT2D eigenvalue weighted by Crippen LogP contribution is -2.21. The highest BCUT2D eigenvalue weighted by molar-refractivity contribution is 7.08. The molecule has 3 rings (SSSR count). The molecule has 0 spiro atoms. The summed E-state index contributed by atoms with van der Waals surface area (Å²) in [5.41, 5.74) is 3.70. The maximum Gasteiger partial charge on any atom is 0.259 e. The number of amides is 1. The minimum atomic E-state index is -0.482. The second-order valence-corrected chi connectivity index (χ2v) is 7.39. The predicted octanol–water partition coefficient (Wildman–Crippen LogP) is 5.92. The van der Waals surface area contributed by atoms with Gasteiger partial charge < -0.3 is 5.32 Å². The fraction of sp³-hybridized carbons (Fsp3) is 0.0909. The first kappa shape index (κ1) is 19.1. The van der Waals surface area contributed by atoms with Crippen LogP contribution in [0.3, 0.4) is 0 Å². The van der Waals surface area contributed by atoms with Crippen LogP contribution in [-0.4, -0.2) is 11.7 Å². The molecule has 0 atom stereocenters. The topological polar surface area (TPSA) is 46.2 Å². The van der Waals surface area contributed by atoms with Gasteiger partial charge in [-0.05, 0) is 59.5 Å². The Labute approximate surface area is 167 Å². The minimum Gasteiger partial charge on any atom is -0.320 e. The van der Waals surface area contributed by atoms with Gasteiger partial charge in [-0.1, -0.05) is 48.0 Å². The standard InChI is InChI=1S/C22H18ClNO2S/c1-14-10-15(2)20(19(23)11-14)24-22(26)18(12-16-8-9-27-13-16)21(25)17-6-4-3-5-7-17/h3-13H,1-2H3,(H,24,26)/b18-12+. The van der Waals surface area contributed by atoms with Crippen LogP contribution in [0, 0.1) is 13.8 Å². The number of hydrogen-bond acceptors (Lipinski definition) is 3. The molecule has 1 heterocycles. The van der Waals surface area contributed by atoms with Crippen LogP contribution in [0.1, 0.15) is 27.0 Å². The number of aryl methyl sites for hydroxylation is 2. The van der Waals surface area contributed by atoms with Crippen LogP contribution in [-0.2, 0) is 4.79 Å². The van der Waals surface area contributed by atoms with Crippen molar-refractivity contribution in [2.24, 2.45) is 0 Å². The van der Waals surface area contributed by atoms with E-state index in [4.69, 9.17) is 11.6 Å². The second kappa shape index (κ2) is 8.33. The number of anilines is 1. The summed E-state index contributed by atoms with van der Waals surface area (Å²) >= 11 is 7.81. The largest absolute Gasteiger partial charge is 0.320 e. The van der Waals surface area contributed by atoms with E-state index < -0.39 is 5.91 Å². The van der Waals surface area contributed by atoms with Crippen LogP contribution >= 0.6 is 22.9 Å². The van der Waals surface area contributed by atoms with Gasteiger partial charge in [-0.2, -0.15) is 11.3 Å². The van der Waals surface area contributed by atoms with Gasteiger partial charge in [0.05, 0.1) is 16.3 Å². The van der Waals surface area contributed by atoms with Crippen molar-refractivity contribution in [1.29, 1.82) is 0 Å². The molecule has 1 aromatic heterocycles. The minimum absolute atomic E-state index is 0.0654. The highest BCUT2D eigenvalue weighted by Crippen LogP contribution is 2.28. The maximum atomic E-state index is 13.0. The molecule has 0 radical (unpaired) electrons. The van der Waals surface area contributed by atoms with E-state index in [1.165, 1.54) is 11.3 Å². The number of rotatable bonds is 5. The van der Waals surface area contributed by atoms with Crippen molar-refractivity contribution in [1.82, 2.24) is 0 Å². The highest BCUT2D eigenvalue weighted by atomic mass is 35.5. The highest BCUT2D eigenvalue weighted by Gasteiger charge is 2.21. The molecule has 0 unspecified atom stereocenters. The van der Waals surface area contributed by atoms with E-state index in [1.54, 1.807) is 36.4 Å². The van der Waals surface area contributed by atoms with Gasteiger partial charge in [0.25, 0.3) is 5.91 Å². The average molecular weight is 396 g/mol. The average Bonchev–Trinajstić information content (AvgIpc) is 3.16. The third-order valence-corrected chi connectivity index (χ3v) is 5.05. The van der Waals surface area contributed by atoms with Crippen LogP contribution in [0.25, 0.3) is 6.08 Å². The summed E-state index contributed by atoms with van der Waals surface area (Å²) in [4.78, 5) is 26.0. The summed E-state index contributed by atoms with van der Waals surface area (Å²) in [7, 11) is 0. The molecule has 0 saturated carbocycles. The molecule has 2 aromatic carbocycles. The number of halogens is 1. The van der Waals surface area contributed by atoms with Crippen LogP contribution in [0.4, 0.5) is 5.69 Å². The first-order valence-corrected chi connectivity index (χ1v) is 9.69. The van der Waals surface area contributed by atoms with E-state index >= 15 is 0 Å². The van der Waals surface area contributed by atoms with Gasteiger partial charge in [0.15, 0.2) is 5.78 Å². The van der Waals surface area contributed by atoms with E-state index in [0.717, 1.165) is 16.7 Å². The van der Waals surface area contributed by atoms with Gasteiger partial charge in [-0.25, -0.2) is 0 Å². The fourth-order valence-electron chi connectivity index (χ4n) is 2.76. The Hall–Kier alpha value is -2.69. The van der Waals surface area contributed by atoms with Crippen molar-refractivity contribution in [3.05, 3.63) is 92.1 Å². The maximum absolute atomic E-state index is 13.0. The van der Waals surface area contributed by atoms with E-state index in [0.29, 0.717) is 16.3 Å². The zero-order chi connectivity index (χ0) is 19.4. The second-order valence-electron chi connectivity index (χ2n) is 6.20. The van der Waals surface area contributed by atoms with Crippen molar-refractivity contribution < 1.29 is 9.59 Å². The molecule has 0 fully saturated rings. The van der Waals surface area contributed by atoms with E-state index in [1.807, 2.05) is 42.8 Å². The Morgan fingerprint density at radius 2 is 1.81 bits per heavy atom. The number of thiophene rings is 1. The van der Waals surface area contributed by atoms with E-state index in [-0.39, 0.29) is 11.4 Å². The van der Waals surface area contributed by atoms with Crippen LogP contribution in [0.2, 0.25) is 5.02 Å². The Bertz CT molecular complexity index is 985. The molecule has 0 aliphatic heterocycles. The summed E-state index contributed by atoms with van der Waals surface area (Å²) < 4.78 is 0. The van der Waals surface area contributed by atoms with Gasteiger partial charge in [0.1, 0.15) is 0 Å². The monoisotopic (exact) mass is 395 g/mol. The Morgan fingerprint density at radius 3 is 2.44 bits per heavy atom. The summed E-state index contributed by atoms with van der Waals surface area (Å²) in [5, 5.41) is 7.04. The zero-order valence-electron chi connectivity index (χ0n) is 15.0. The first-order chi connectivity index (χ1) is 13.0. The molecule has 0 aliphatic rings. The summed E-state index contributed by atoms with van der Waals surface area (Å²) in [6.45, 7) is 3.81. The number of Topliss-reactive ketones (excluding diaryl/α,β-unsaturated/α-hetero) is 1. The van der Waals surface area contributed by atoms with Crippen LogP contribution in [0.15, 0.2) is 64.9 Å². The SMILES string of the molecule is Cc1cc(C)c(NC(=O)/C(=C/c2ccsc2)C(=O)c2ccccc2)c(Cl)c1. The Morgan fingerprint density at radius 1 is 1.07 bits per heavy atom. The van der Waals surface area contributed by atoms with Gasteiger partial charge in [-0.3, -0.25) is 9.59 Å². The third-order valence-electron chi connectivity index (χ3n) is 4.05. The quantitative estimate of drug-likeness (QED) is 0.252. The van der Waals surface area contributed by atoms with Crippen molar-refractivity contribution >= 4 is 46.4 Å². The molecule has 136 valence electrons. The molecule has 27 heavy (non-hydrogen) atoms. The van der Waals surface area contributed by atoms with Crippen molar-refractivity contribution in [2.45, 2.75) is 13.8 Å². The molecular formula is C22H18ClNO2S. The molecule has 3 nitrogen and oxygen atoms in total. The first-order valence-electron chi connectivity index (χ1n) is 8.37. The van der Waals surface area contributed by atoms with Gasteiger partial charge in [0, 0.05) is 5.56 Å². The molecule has 1 amide bonds. The number of carbonyl (C=O) groups is 2. The number of hydrogen-bond donors (Lipinski definition) is 1. The predicted molar refractivity (Wildman–Crippen MR) is 113 cm³/mol. The molecule has 0 aliphatic carbocycles. The third kappa shape index (κ3) is 4.54.